The molecule has 1 aromatic rings. The van der Waals surface area contributed by atoms with Crippen molar-refractivity contribution in [2.24, 2.45) is 11.1 Å². The number of carbonyl (C=O) groups excluding carboxylic acids is 1. The summed E-state index contributed by atoms with van der Waals surface area (Å²) in [5, 5.41) is 17.7. The molecule has 20 heavy (non-hydrogen) atoms. The largest absolute Gasteiger partial charge is 0.480 e. The second kappa shape index (κ2) is 6.33. The SMILES string of the molecule is CC[C@H](C)[C@H](NC(=O)c1csc(S(N)(=O)=O)c1)C(=O)O. The molecule has 0 aliphatic heterocycles. The monoisotopic (exact) mass is 320 g/mol. The van der Waals surface area contributed by atoms with E-state index in [0.29, 0.717) is 6.42 Å². The van der Waals surface area contributed by atoms with Gasteiger partial charge < -0.3 is 10.4 Å². The number of amides is 1. The average Bonchev–Trinajstić information content (AvgIpc) is 2.83. The summed E-state index contributed by atoms with van der Waals surface area (Å²) in [6.07, 6.45) is 0.587. The maximum atomic E-state index is 11.9. The van der Waals surface area contributed by atoms with Crippen molar-refractivity contribution < 1.29 is 23.1 Å². The molecule has 0 saturated heterocycles. The van der Waals surface area contributed by atoms with Crippen molar-refractivity contribution in [3.8, 4) is 0 Å². The van der Waals surface area contributed by atoms with E-state index in [4.69, 9.17) is 10.2 Å². The standard InChI is InChI=1S/C11H16N2O5S2/c1-3-6(2)9(11(15)16)13-10(14)7-4-8(19-5-7)20(12,17)18/h4-6,9H,3H2,1-2H3,(H,13,14)(H,15,16)(H2,12,17,18)/t6-,9-/m0/s1. The van der Waals surface area contributed by atoms with Crippen LogP contribution in [0.25, 0.3) is 0 Å². The number of sulfonamides is 1. The Morgan fingerprint density at radius 2 is 2.10 bits per heavy atom. The maximum Gasteiger partial charge on any atom is 0.326 e. The van der Waals surface area contributed by atoms with Crippen LogP contribution in [0.3, 0.4) is 0 Å². The molecule has 0 aliphatic rings. The number of carbonyl (C=O) groups is 2. The van der Waals surface area contributed by atoms with Crippen molar-refractivity contribution in [1.29, 1.82) is 0 Å². The fourth-order valence-electron chi connectivity index (χ4n) is 1.49. The van der Waals surface area contributed by atoms with Crippen molar-refractivity contribution >= 4 is 33.2 Å². The van der Waals surface area contributed by atoms with E-state index < -0.39 is 27.9 Å². The summed E-state index contributed by atoms with van der Waals surface area (Å²) in [6.45, 7) is 3.53. The Hall–Kier alpha value is -1.45. The highest BCUT2D eigenvalue weighted by Crippen LogP contribution is 2.19. The number of hydrogen-bond acceptors (Lipinski definition) is 5. The smallest absolute Gasteiger partial charge is 0.326 e. The molecule has 4 N–H and O–H groups in total. The van der Waals surface area contributed by atoms with Gasteiger partial charge in [0, 0.05) is 5.38 Å². The summed E-state index contributed by atoms with van der Waals surface area (Å²) >= 11 is 0.813. The van der Waals surface area contributed by atoms with Gasteiger partial charge in [-0.25, -0.2) is 18.4 Å². The first-order valence-electron chi connectivity index (χ1n) is 5.81. The molecule has 0 fully saturated rings. The van der Waals surface area contributed by atoms with Gasteiger partial charge in [0.1, 0.15) is 10.3 Å². The van der Waals surface area contributed by atoms with Gasteiger partial charge in [0.15, 0.2) is 0 Å². The Balaban J connectivity index is 2.90. The predicted molar refractivity (Wildman–Crippen MR) is 74.0 cm³/mol. The number of nitrogens with one attached hydrogen (secondary N) is 1. The summed E-state index contributed by atoms with van der Waals surface area (Å²) in [4.78, 5) is 23.0. The average molecular weight is 320 g/mol. The van der Waals surface area contributed by atoms with Crippen molar-refractivity contribution in [3.05, 3.63) is 17.0 Å². The third-order valence-electron chi connectivity index (χ3n) is 2.88. The van der Waals surface area contributed by atoms with E-state index in [0.717, 1.165) is 17.4 Å². The van der Waals surface area contributed by atoms with Gasteiger partial charge in [-0.2, -0.15) is 0 Å². The van der Waals surface area contributed by atoms with Crippen LogP contribution < -0.4 is 10.5 Å². The number of primary sulfonamides is 1. The lowest BCUT2D eigenvalue weighted by Crippen LogP contribution is -2.44. The lowest BCUT2D eigenvalue weighted by molar-refractivity contribution is -0.140. The van der Waals surface area contributed by atoms with Crippen LogP contribution in [-0.4, -0.2) is 31.4 Å². The van der Waals surface area contributed by atoms with Crippen LogP contribution in [0.2, 0.25) is 0 Å². The Morgan fingerprint density at radius 1 is 1.50 bits per heavy atom. The highest BCUT2D eigenvalue weighted by molar-refractivity contribution is 7.91. The van der Waals surface area contributed by atoms with Crippen LogP contribution in [0.5, 0.6) is 0 Å². The molecule has 1 aromatic heterocycles. The summed E-state index contributed by atoms with van der Waals surface area (Å²) in [5.41, 5.74) is 0.0774. The Labute approximate surface area is 120 Å². The molecule has 0 unspecified atom stereocenters. The Kier molecular flexibility index (Phi) is 5.26. The molecule has 112 valence electrons. The van der Waals surface area contributed by atoms with E-state index in [1.54, 1.807) is 6.92 Å². The molecule has 2 atom stereocenters. The molecular weight excluding hydrogens is 304 g/mol. The van der Waals surface area contributed by atoms with Crippen molar-refractivity contribution in [1.82, 2.24) is 5.32 Å². The predicted octanol–water partition coefficient (Wildman–Crippen LogP) is 0.625. The van der Waals surface area contributed by atoms with Crippen LogP contribution in [0, 0.1) is 5.92 Å². The first-order valence-corrected chi connectivity index (χ1v) is 8.24. The van der Waals surface area contributed by atoms with Crippen molar-refractivity contribution in [3.63, 3.8) is 0 Å². The lowest BCUT2D eigenvalue weighted by atomic mass is 9.99. The summed E-state index contributed by atoms with van der Waals surface area (Å²) < 4.78 is 22.1. The number of aliphatic carboxylic acids is 1. The number of nitrogens with two attached hydrogens (primary N) is 1. The van der Waals surface area contributed by atoms with Gasteiger partial charge in [-0.3, -0.25) is 4.79 Å². The molecule has 1 amide bonds. The molecule has 0 aromatic carbocycles. The van der Waals surface area contributed by atoms with Crippen LogP contribution in [0.4, 0.5) is 0 Å². The first-order chi connectivity index (χ1) is 9.16. The van der Waals surface area contributed by atoms with Crippen LogP contribution in [0.15, 0.2) is 15.7 Å². The molecule has 0 aliphatic carbocycles. The molecular formula is C11H16N2O5S2. The number of hydrogen-bond donors (Lipinski definition) is 3. The second-order valence-corrected chi connectivity index (χ2v) is 7.07. The van der Waals surface area contributed by atoms with Crippen LogP contribution in [-0.2, 0) is 14.8 Å². The van der Waals surface area contributed by atoms with Crippen LogP contribution in [0.1, 0.15) is 30.6 Å². The van der Waals surface area contributed by atoms with Gasteiger partial charge in [-0.1, -0.05) is 20.3 Å². The maximum absolute atomic E-state index is 11.9. The minimum atomic E-state index is -3.86. The molecule has 0 bridgehead atoms. The zero-order valence-corrected chi connectivity index (χ0v) is 12.6. The zero-order chi connectivity index (χ0) is 15.5. The molecule has 9 heteroatoms. The van der Waals surface area contributed by atoms with Crippen LogP contribution >= 0.6 is 11.3 Å². The van der Waals surface area contributed by atoms with Gasteiger partial charge in [0.2, 0.25) is 10.0 Å². The van der Waals surface area contributed by atoms with E-state index in [2.05, 4.69) is 5.32 Å². The van der Waals surface area contributed by atoms with Gasteiger partial charge in [0.05, 0.1) is 5.56 Å². The molecule has 1 heterocycles. The molecule has 0 radical (unpaired) electrons. The molecule has 0 spiro atoms. The number of carboxylic acids is 1. The second-order valence-electron chi connectivity index (χ2n) is 4.37. The first kappa shape index (κ1) is 16.6. The Bertz CT molecular complexity index is 608. The highest BCUT2D eigenvalue weighted by Gasteiger charge is 2.26. The fraction of sp³-hybridized carbons (Fsp3) is 0.455. The number of thiophene rings is 1. The van der Waals surface area contributed by atoms with E-state index in [-0.39, 0.29) is 15.7 Å². The highest BCUT2D eigenvalue weighted by atomic mass is 32.2. The quantitative estimate of drug-likeness (QED) is 0.708. The third kappa shape index (κ3) is 4.02. The normalized spacial score (nSPS) is 14.6. The van der Waals surface area contributed by atoms with Crippen molar-refractivity contribution in [2.45, 2.75) is 30.5 Å². The fourth-order valence-corrected chi connectivity index (χ4v) is 3.08. The van der Waals surface area contributed by atoms with Crippen molar-refractivity contribution in [2.75, 3.05) is 0 Å². The minimum Gasteiger partial charge on any atom is -0.480 e. The molecule has 7 nitrogen and oxygen atoms in total. The van der Waals surface area contributed by atoms with Gasteiger partial charge in [-0.15, -0.1) is 11.3 Å². The lowest BCUT2D eigenvalue weighted by Gasteiger charge is -2.19. The van der Waals surface area contributed by atoms with E-state index >= 15 is 0 Å². The summed E-state index contributed by atoms with van der Waals surface area (Å²) in [5.74, 6) is -2.01. The van der Waals surface area contributed by atoms with Gasteiger partial charge in [-0.05, 0) is 12.0 Å². The van der Waals surface area contributed by atoms with E-state index in [1.165, 1.54) is 5.38 Å². The zero-order valence-electron chi connectivity index (χ0n) is 11.0. The number of rotatable bonds is 6. The topological polar surface area (TPSA) is 127 Å². The van der Waals surface area contributed by atoms with E-state index in [9.17, 15) is 18.0 Å². The summed E-state index contributed by atoms with van der Waals surface area (Å²) in [7, 11) is -3.86. The minimum absolute atomic E-state index is 0.0774. The summed E-state index contributed by atoms with van der Waals surface area (Å²) in [6, 6.07) is 0.107. The van der Waals surface area contributed by atoms with Gasteiger partial charge in [0.25, 0.3) is 5.91 Å². The van der Waals surface area contributed by atoms with E-state index in [1.807, 2.05) is 6.92 Å². The molecule has 0 saturated carbocycles. The van der Waals surface area contributed by atoms with Gasteiger partial charge >= 0.3 is 5.97 Å². The number of carboxylic acid groups (broad SMARTS) is 1. The third-order valence-corrected chi connectivity index (χ3v) is 5.27. The molecule has 1 rings (SSSR count). The Morgan fingerprint density at radius 3 is 2.50 bits per heavy atom.